The molecular formula is C23H26N2O3S2. The van der Waals surface area contributed by atoms with Crippen LogP contribution in [0.1, 0.15) is 48.2 Å². The summed E-state index contributed by atoms with van der Waals surface area (Å²) in [5.41, 5.74) is 1.63. The molecule has 2 aromatic heterocycles. The number of thiophene rings is 1. The van der Waals surface area contributed by atoms with Gasteiger partial charge in [-0.2, -0.15) is 0 Å². The molecule has 5 nitrogen and oxygen atoms in total. The number of carbonyl (C=O) groups is 2. The van der Waals surface area contributed by atoms with E-state index in [1.807, 2.05) is 35.7 Å². The molecule has 0 aliphatic heterocycles. The Morgan fingerprint density at radius 1 is 1.03 bits per heavy atom. The van der Waals surface area contributed by atoms with Gasteiger partial charge in [-0.3, -0.25) is 9.59 Å². The largest absolute Gasteiger partial charge is 0.451 e. The maximum atomic E-state index is 12.8. The molecule has 0 unspecified atom stereocenters. The Labute approximate surface area is 184 Å². The fraction of sp³-hybridized carbons (Fsp3) is 0.391. The van der Waals surface area contributed by atoms with Crippen molar-refractivity contribution in [1.82, 2.24) is 10.6 Å². The van der Waals surface area contributed by atoms with Crippen molar-refractivity contribution in [3.63, 3.8) is 0 Å². The van der Waals surface area contributed by atoms with Gasteiger partial charge in [-0.25, -0.2) is 0 Å². The maximum absolute atomic E-state index is 12.8. The predicted molar refractivity (Wildman–Crippen MR) is 122 cm³/mol. The van der Waals surface area contributed by atoms with Gasteiger partial charge in [0.25, 0.3) is 5.91 Å². The van der Waals surface area contributed by atoms with Crippen molar-refractivity contribution in [3.8, 4) is 0 Å². The van der Waals surface area contributed by atoms with Crippen molar-refractivity contribution in [2.24, 2.45) is 5.92 Å². The summed E-state index contributed by atoms with van der Waals surface area (Å²) in [5, 5.41) is 8.87. The van der Waals surface area contributed by atoms with Gasteiger partial charge in [-0.15, -0.1) is 23.1 Å². The summed E-state index contributed by atoms with van der Waals surface area (Å²) in [6, 6.07) is 11.8. The van der Waals surface area contributed by atoms with Gasteiger partial charge in [0, 0.05) is 35.7 Å². The van der Waals surface area contributed by atoms with Gasteiger partial charge in [0.15, 0.2) is 5.76 Å². The third-order valence-electron chi connectivity index (χ3n) is 5.44. The molecule has 4 rings (SSSR count). The number of hydrogen-bond acceptors (Lipinski definition) is 5. The fourth-order valence-electron chi connectivity index (χ4n) is 3.87. The molecule has 0 atom stereocenters. The molecule has 7 heteroatoms. The van der Waals surface area contributed by atoms with Gasteiger partial charge in [0.2, 0.25) is 5.91 Å². The first-order chi connectivity index (χ1) is 14.7. The maximum Gasteiger partial charge on any atom is 0.287 e. The molecule has 3 aromatic rings. The Kier molecular flexibility index (Phi) is 7.12. The number of amides is 2. The average Bonchev–Trinajstić information content (AvgIpc) is 3.43. The Morgan fingerprint density at radius 2 is 1.83 bits per heavy atom. The lowest BCUT2D eigenvalue weighted by atomic mass is 9.89. The number of fused-ring (bicyclic) bond motifs is 1. The molecule has 0 spiro atoms. The van der Waals surface area contributed by atoms with E-state index in [-0.39, 0.29) is 17.7 Å². The molecule has 158 valence electrons. The van der Waals surface area contributed by atoms with Crippen LogP contribution in [0.25, 0.3) is 11.0 Å². The summed E-state index contributed by atoms with van der Waals surface area (Å²) in [7, 11) is 0. The fourth-order valence-corrected chi connectivity index (χ4v) is 5.68. The van der Waals surface area contributed by atoms with Crippen LogP contribution >= 0.6 is 23.1 Å². The van der Waals surface area contributed by atoms with Crippen LogP contribution in [0.2, 0.25) is 0 Å². The van der Waals surface area contributed by atoms with Crippen molar-refractivity contribution in [2.45, 2.75) is 42.1 Å². The zero-order valence-corrected chi connectivity index (χ0v) is 18.4. The number of hydrogen-bond donors (Lipinski definition) is 2. The van der Waals surface area contributed by atoms with E-state index in [4.69, 9.17) is 4.42 Å². The van der Waals surface area contributed by atoms with E-state index in [0.29, 0.717) is 24.6 Å². The minimum atomic E-state index is -0.236. The molecule has 1 aliphatic carbocycles. The molecule has 1 saturated carbocycles. The van der Waals surface area contributed by atoms with Crippen LogP contribution in [0.5, 0.6) is 0 Å². The highest BCUT2D eigenvalue weighted by atomic mass is 32.2. The highest BCUT2D eigenvalue weighted by Gasteiger charge is 2.22. The topological polar surface area (TPSA) is 71.3 Å². The van der Waals surface area contributed by atoms with E-state index >= 15 is 0 Å². The highest BCUT2D eigenvalue weighted by molar-refractivity contribution is 8.00. The summed E-state index contributed by atoms with van der Waals surface area (Å²) in [4.78, 5) is 25.1. The summed E-state index contributed by atoms with van der Waals surface area (Å²) in [5.74, 6) is 1.03. The summed E-state index contributed by atoms with van der Waals surface area (Å²) in [6.45, 7) is 0.812. The standard InChI is InChI=1S/C23H26N2O3S2/c26-22(16-7-2-1-3-8-16)24-12-13-25-23(27)21-18(15-30-20-11-6-14-29-20)17-9-4-5-10-19(17)28-21/h4-6,9-11,14,16H,1-3,7-8,12-13,15H2,(H,24,26)(H,25,27). The second-order valence-corrected chi connectivity index (χ2v) is 9.73. The molecule has 1 aromatic carbocycles. The smallest absolute Gasteiger partial charge is 0.287 e. The van der Waals surface area contributed by atoms with Crippen LogP contribution in [-0.2, 0) is 10.5 Å². The lowest BCUT2D eigenvalue weighted by molar-refractivity contribution is -0.125. The van der Waals surface area contributed by atoms with E-state index in [9.17, 15) is 9.59 Å². The van der Waals surface area contributed by atoms with Gasteiger partial charge in [-0.1, -0.05) is 43.5 Å². The zero-order valence-electron chi connectivity index (χ0n) is 16.8. The minimum Gasteiger partial charge on any atom is -0.451 e. The molecule has 0 bridgehead atoms. The Hall–Kier alpha value is -2.25. The van der Waals surface area contributed by atoms with Crippen molar-refractivity contribution in [2.75, 3.05) is 13.1 Å². The average molecular weight is 443 g/mol. The van der Waals surface area contributed by atoms with Gasteiger partial charge in [0.1, 0.15) is 5.58 Å². The van der Waals surface area contributed by atoms with Crippen LogP contribution in [0.15, 0.2) is 50.4 Å². The first kappa shape index (κ1) is 21.0. The van der Waals surface area contributed by atoms with Crippen molar-refractivity contribution in [3.05, 3.63) is 53.1 Å². The third kappa shape index (κ3) is 5.08. The molecule has 2 N–H and O–H groups in total. The predicted octanol–water partition coefficient (Wildman–Crippen LogP) is 5.21. The summed E-state index contributed by atoms with van der Waals surface area (Å²) in [6.07, 6.45) is 5.44. The van der Waals surface area contributed by atoms with Crippen LogP contribution in [0, 0.1) is 5.92 Å². The van der Waals surface area contributed by atoms with Crippen LogP contribution < -0.4 is 10.6 Å². The molecule has 0 radical (unpaired) electrons. The minimum absolute atomic E-state index is 0.112. The zero-order chi connectivity index (χ0) is 20.8. The number of carbonyl (C=O) groups excluding carboxylic acids is 2. The lowest BCUT2D eigenvalue weighted by Crippen LogP contribution is -2.38. The number of benzene rings is 1. The molecule has 0 saturated heterocycles. The highest BCUT2D eigenvalue weighted by Crippen LogP contribution is 2.33. The lowest BCUT2D eigenvalue weighted by Gasteiger charge is -2.20. The van der Waals surface area contributed by atoms with Gasteiger partial charge < -0.3 is 15.1 Å². The number of para-hydroxylation sites is 1. The van der Waals surface area contributed by atoms with Crippen LogP contribution in [-0.4, -0.2) is 24.9 Å². The number of nitrogens with one attached hydrogen (secondary N) is 2. The molecule has 1 aliphatic rings. The van der Waals surface area contributed by atoms with Crippen molar-refractivity contribution in [1.29, 1.82) is 0 Å². The first-order valence-electron chi connectivity index (χ1n) is 10.4. The first-order valence-corrected chi connectivity index (χ1v) is 12.3. The van der Waals surface area contributed by atoms with Crippen molar-refractivity contribution < 1.29 is 14.0 Å². The van der Waals surface area contributed by atoms with Crippen LogP contribution in [0.4, 0.5) is 0 Å². The van der Waals surface area contributed by atoms with Gasteiger partial charge in [-0.05, 0) is 30.4 Å². The second kappa shape index (κ2) is 10.2. The monoisotopic (exact) mass is 442 g/mol. The molecule has 1 fully saturated rings. The van der Waals surface area contributed by atoms with E-state index < -0.39 is 0 Å². The summed E-state index contributed by atoms with van der Waals surface area (Å²) < 4.78 is 7.10. The van der Waals surface area contributed by atoms with E-state index in [2.05, 4.69) is 16.7 Å². The Bertz CT molecular complexity index is 991. The summed E-state index contributed by atoms with van der Waals surface area (Å²) >= 11 is 3.39. The van der Waals surface area contributed by atoms with Crippen molar-refractivity contribution >= 4 is 45.9 Å². The molecule has 2 heterocycles. The second-order valence-electron chi connectivity index (χ2n) is 7.51. The normalized spacial score (nSPS) is 14.7. The molecule has 2 amide bonds. The van der Waals surface area contributed by atoms with Gasteiger partial charge in [0.05, 0.1) is 4.21 Å². The van der Waals surface area contributed by atoms with E-state index in [1.165, 1.54) is 10.6 Å². The van der Waals surface area contributed by atoms with Crippen LogP contribution in [0.3, 0.4) is 0 Å². The number of rotatable bonds is 8. The molecule has 30 heavy (non-hydrogen) atoms. The number of furan rings is 1. The van der Waals surface area contributed by atoms with E-state index in [0.717, 1.165) is 42.2 Å². The molecular weight excluding hydrogens is 416 g/mol. The van der Waals surface area contributed by atoms with E-state index in [1.54, 1.807) is 23.1 Å². The Morgan fingerprint density at radius 3 is 2.63 bits per heavy atom. The Balaban J connectivity index is 1.36. The third-order valence-corrected chi connectivity index (χ3v) is 7.60. The van der Waals surface area contributed by atoms with Gasteiger partial charge >= 0.3 is 0 Å². The number of thioether (sulfide) groups is 1. The quantitative estimate of drug-likeness (QED) is 0.371. The SMILES string of the molecule is O=C(NCCNC(=O)C1CCCCC1)c1oc2ccccc2c1CSc1cccs1.